The molecule has 148 valence electrons. The Bertz CT molecular complexity index is 1300. The highest BCUT2D eigenvalue weighted by Gasteiger charge is 2.20. The summed E-state index contributed by atoms with van der Waals surface area (Å²) in [7, 11) is 0. The first kappa shape index (κ1) is 18.4. The number of rotatable bonds is 4. The van der Waals surface area contributed by atoms with Gasteiger partial charge < -0.3 is 9.30 Å². The third-order valence-corrected chi connectivity index (χ3v) is 5.53. The quantitative estimate of drug-likeness (QED) is 0.476. The summed E-state index contributed by atoms with van der Waals surface area (Å²) in [4.78, 5) is 16.8. The Kier molecular flexibility index (Phi) is 4.68. The molecule has 0 fully saturated rings. The number of aromatic nitrogens is 2. The fraction of sp³-hybridized carbons (Fsp3) is 0.154. The number of hydrogen-bond acceptors (Lipinski definition) is 3. The first-order chi connectivity index (χ1) is 14.7. The third kappa shape index (κ3) is 3.52. The highest BCUT2D eigenvalue weighted by Crippen LogP contribution is 2.29. The standard InChI is InChI=1S/C26H22N2O2/c1-18-6-8-20(9-7-18)17-30-22-12-10-19(11-13-22)16-21-14-15-28-24-5-3-2-4-23(24)26(29)27-25(21)28/h2-13,16H,14-15,17H2,1H3/b21-16-. The van der Waals surface area contributed by atoms with Crippen molar-refractivity contribution < 1.29 is 4.74 Å². The lowest BCUT2D eigenvalue weighted by molar-refractivity contribution is 0.306. The summed E-state index contributed by atoms with van der Waals surface area (Å²) in [5, 5.41) is 0.678. The molecule has 2 heterocycles. The Morgan fingerprint density at radius 2 is 1.77 bits per heavy atom. The van der Waals surface area contributed by atoms with E-state index in [0.29, 0.717) is 12.0 Å². The van der Waals surface area contributed by atoms with E-state index in [1.165, 1.54) is 5.56 Å². The van der Waals surface area contributed by atoms with Crippen LogP contribution in [0.5, 0.6) is 5.75 Å². The molecule has 4 nitrogen and oxygen atoms in total. The largest absolute Gasteiger partial charge is 0.489 e. The van der Waals surface area contributed by atoms with Gasteiger partial charge in [-0.3, -0.25) is 4.79 Å². The van der Waals surface area contributed by atoms with Crippen molar-refractivity contribution in [3.05, 3.63) is 106 Å². The van der Waals surface area contributed by atoms with Gasteiger partial charge in [-0.05, 0) is 60.4 Å². The van der Waals surface area contributed by atoms with E-state index in [9.17, 15) is 4.79 Å². The van der Waals surface area contributed by atoms with Crippen LogP contribution in [0, 0.1) is 6.92 Å². The molecule has 4 heteroatoms. The van der Waals surface area contributed by atoms with Crippen LogP contribution in [-0.4, -0.2) is 9.55 Å². The van der Waals surface area contributed by atoms with Gasteiger partial charge in [-0.1, -0.05) is 54.1 Å². The minimum atomic E-state index is -0.162. The van der Waals surface area contributed by atoms with Crippen molar-refractivity contribution in [3.8, 4) is 5.75 Å². The molecule has 0 spiro atoms. The summed E-state index contributed by atoms with van der Waals surface area (Å²) >= 11 is 0. The zero-order chi connectivity index (χ0) is 20.5. The lowest BCUT2D eigenvalue weighted by Crippen LogP contribution is -2.14. The molecule has 0 aliphatic carbocycles. The van der Waals surface area contributed by atoms with Crippen molar-refractivity contribution in [3.63, 3.8) is 0 Å². The molecular weight excluding hydrogens is 372 g/mol. The van der Waals surface area contributed by atoms with Gasteiger partial charge in [0.15, 0.2) is 0 Å². The van der Waals surface area contributed by atoms with E-state index in [4.69, 9.17) is 4.74 Å². The minimum Gasteiger partial charge on any atom is -0.489 e. The van der Waals surface area contributed by atoms with Crippen molar-refractivity contribution in [1.29, 1.82) is 0 Å². The second kappa shape index (κ2) is 7.64. The molecule has 0 N–H and O–H groups in total. The SMILES string of the molecule is Cc1ccc(COc2ccc(/C=C3/CCn4c3nc(=O)c3ccccc34)cc2)cc1. The van der Waals surface area contributed by atoms with Crippen LogP contribution < -0.4 is 10.3 Å². The summed E-state index contributed by atoms with van der Waals surface area (Å²) in [6, 6.07) is 24.1. The second-order valence-corrected chi connectivity index (χ2v) is 7.67. The van der Waals surface area contributed by atoms with Crippen LogP contribution in [0.3, 0.4) is 0 Å². The highest BCUT2D eigenvalue weighted by atomic mass is 16.5. The predicted octanol–water partition coefficient (Wildman–Crippen LogP) is 5.23. The van der Waals surface area contributed by atoms with Crippen molar-refractivity contribution in [2.75, 3.05) is 0 Å². The first-order valence-corrected chi connectivity index (χ1v) is 10.2. The van der Waals surface area contributed by atoms with Gasteiger partial charge in [0.1, 0.15) is 18.2 Å². The van der Waals surface area contributed by atoms with Crippen LogP contribution in [0.15, 0.2) is 77.6 Å². The van der Waals surface area contributed by atoms with Crippen LogP contribution in [0.25, 0.3) is 22.6 Å². The van der Waals surface area contributed by atoms with Crippen LogP contribution in [0.2, 0.25) is 0 Å². The number of nitrogens with zero attached hydrogens (tertiary/aromatic N) is 2. The molecule has 3 aromatic carbocycles. The van der Waals surface area contributed by atoms with E-state index in [2.05, 4.69) is 46.8 Å². The van der Waals surface area contributed by atoms with Gasteiger partial charge in [-0.2, -0.15) is 4.98 Å². The molecule has 5 rings (SSSR count). The summed E-state index contributed by atoms with van der Waals surface area (Å²) in [6.07, 6.45) is 2.98. The van der Waals surface area contributed by atoms with Crippen LogP contribution in [0.4, 0.5) is 0 Å². The number of hydrogen-bond donors (Lipinski definition) is 0. The van der Waals surface area contributed by atoms with E-state index in [-0.39, 0.29) is 5.56 Å². The van der Waals surface area contributed by atoms with E-state index < -0.39 is 0 Å². The summed E-state index contributed by atoms with van der Waals surface area (Å²) in [5.74, 6) is 1.61. The molecular formula is C26H22N2O2. The Labute approximate surface area is 175 Å². The van der Waals surface area contributed by atoms with Crippen LogP contribution in [0.1, 0.15) is 28.9 Å². The average molecular weight is 394 g/mol. The summed E-state index contributed by atoms with van der Waals surface area (Å²) in [5.41, 5.74) is 5.35. The molecule has 0 saturated carbocycles. The van der Waals surface area contributed by atoms with E-state index >= 15 is 0 Å². The number of aryl methyl sites for hydroxylation is 2. The lowest BCUT2D eigenvalue weighted by Gasteiger charge is -2.08. The predicted molar refractivity (Wildman–Crippen MR) is 120 cm³/mol. The molecule has 0 bridgehead atoms. The van der Waals surface area contributed by atoms with Crippen molar-refractivity contribution >= 4 is 22.6 Å². The van der Waals surface area contributed by atoms with Gasteiger partial charge in [0.25, 0.3) is 5.56 Å². The molecule has 4 aromatic rings. The van der Waals surface area contributed by atoms with Crippen molar-refractivity contribution in [1.82, 2.24) is 9.55 Å². The monoisotopic (exact) mass is 394 g/mol. The van der Waals surface area contributed by atoms with E-state index in [1.807, 2.05) is 48.5 Å². The van der Waals surface area contributed by atoms with E-state index in [1.54, 1.807) is 0 Å². The lowest BCUT2D eigenvalue weighted by atomic mass is 10.1. The van der Waals surface area contributed by atoms with E-state index in [0.717, 1.165) is 46.8 Å². The molecule has 0 saturated heterocycles. The second-order valence-electron chi connectivity index (χ2n) is 7.67. The third-order valence-electron chi connectivity index (χ3n) is 5.53. The molecule has 0 atom stereocenters. The molecule has 1 aliphatic heterocycles. The summed E-state index contributed by atoms with van der Waals surface area (Å²) in [6.45, 7) is 3.47. The Balaban J connectivity index is 1.36. The van der Waals surface area contributed by atoms with Gasteiger partial charge in [0, 0.05) is 6.54 Å². The molecule has 1 aromatic heterocycles. The average Bonchev–Trinajstić information content (AvgIpc) is 3.17. The maximum Gasteiger partial charge on any atom is 0.281 e. The molecule has 1 aliphatic rings. The van der Waals surface area contributed by atoms with Crippen LogP contribution in [-0.2, 0) is 13.2 Å². The van der Waals surface area contributed by atoms with Crippen molar-refractivity contribution in [2.45, 2.75) is 26.5 Å². The Hall–Kier alpha value is -3.66. The molecule has 30 heavy (non-hydrogen) atoms. The zero-order valence-corrected chi connectivity index (χ0v) is 16.8. The fourth-order valence-electron chi connectivity index (χ4n) is 3.89. The number of benzene rings is 3. The number of ether oxygens (including phenoxy) is 1. The van der Waals surface area contributed by atoms with Gasteiger partial charge in [0.2, 0.25) is 0 Å². The molecule has 0 amide bonds. The topological polar surface area (TPSA) is 44.1 Å². The Morgan fingerprint density at radius 3 is 2.57 bits per heavy atom. The normalized spacial score (nSPS) is 14.2. The van der Waals surface area contributed by atoms with Gasteiger partial charge >= 0.3 is 0 Å². The summed E-state index contributed by atoms with van der Waals surface area (Å²) < 4.78 is 8.04. The highest BCUT2D eigenvalue weighted by molar-refractivity contribution is 5.85. The maximum atomic E-state index is 12.4. The molecule has 0 radical (unpaired) electrons. The maximum absolute atomic E-state index is 12.4. The van der Waals surface area contributed by atoms with Crippen molar-refractivity contribution in [2.24, 2.45) is 0 Å². The number of para-hydroxylation sites is 1. The smallest absolute Gasteiger partial charge is 0.281 e. The van der Waals surface area contributed by atoms with Gasteiger partial charge in [0.05, 0.1) is 10.9 Å². The van der Waals surface area contributed by atoms with Gasteiger partial charge in [-0.25, -0.2) is 0 Å². The zero-order valence-electron chi connectivity index (χ0n) is 16.8. The van der Waals surface area contributed by atoms with Crippen LogP contribution >= 0.6 is 0 Å². The Morgan fingerprint density at radius 1 is 1.00 bits per heavy atom. The first-order valence-electron chi connectivity index (χ1n) is 10.2. The molecule has 0 unspecified atom stereocenters. The van der Waals surface area contributed by atoms with Gasteiger partial charge in [-0.15, -0.1) is 0 Å². The number of allylic oxidation sites excluding steroid dienone is 1. The number of fused-ring (bicyclic) bond motifs is 3. The minimum absolute atomic E-state index is 0.162. The fourth-order valence-corrected chi connectivity index (χ4v) is 3.89.